The summed E-state index contributed by atoms with van der Waals surface area (Å²) in [6.07, 6.45) is 8.15. The third kappa shape index (κ3) is 10.3. The number of methoxy groups -OCH3 is 1. The molecule has 30 heavy (non-hydrogen) atoms. The van der Waals surface area contributed by atoms with Gasteiger partial charge < -0.3 is 17.1 Å². The predicted octanol–water partition coefficient (Wildman–Crippen LogP) is 4.43. The summed E-state index contributed by atoms with van der Waals surface area (Å²) in [6.45, 7) is 0. The van der Waals surface area contributed by atoms with E-state index in [1.54, 1.807) is 14.2 Å². The normalized spacial score (nSPS) is 13.9. The first-order chi connectivity index (χ1) is 13.5. The Morgan fingerprint density at radius 2 is 1.23 bits per heavy atom. The molecular weight excluding hydrogens is 619 g/mol. The van der Waals surface area contributed by atoms with Crippen LogP contribution in [0.5, 0.6) is 5.75 Å². The van der Waals surface area contributed by atoms with Gasteiger partial charge in [0.25, 0.3) is 7.11 Å². The Morgan fingerprint density at radius 3 is 1.67 bits per heavy atom. The van der Waals surface area contributed by atoms with Gasteiger partial charge in [-0.25, -0.2) is 0 Å². The van der Waals surface area contributed by atoms with Crippen LogP contribution in [0, 0.1) is 0 Å². The van der Waals surface area contributed by atoms with Gasteiger partial charge in [-0.15, -0.1) is 0 Å². The van der Waals surface area contributed by atoms with E-state index in [9.17, 15) is 0 Å². The molecule has 0 bridgehead atoms. The van der Waals surface area contributed by atoms with Gasteiger partial charge in [0.2, 0.25) is 0 Å². The van der Waals surface area contributed by atoms with E-state index in [2.05, 4.69) is 48.6 Å². The van der Waals surface area contributed by atoms with Crippen molar-refractivity contribution >= 4 is 67.2 Å². The third-order valence-electron chi connectivity index (χ3n) is 3.82. The monoisotopic (exact) mass is 634 g/mol. The van der Waals surface area contributed by atoms with Crippen molar-refractivity contribution in [1.29, 1.82) is 0 Å². The van der Waals surface area contributed by atoms with E-state index >= 15 is 0 Å². The number of ketones is 1. The first-order valence-corrected chi connectivity index (χ1v) is 24.5. The average Bonchev–Trinajstić information content (AvgIpc) is 2.68. The van der Waals surface area contributed by atoms with Gasteiger partial charge in [-0.2, -0.15) is 0 Å². The molecule has 0 amide bonds. The summed E-state index contributed by atoms with van der Waals surface area (Å²) in [7, 11) is 28.6. The molecule has 0 N–H and O–H groups in total. The Bertz CT molecular complexity index is 922. The number of benzene rings is 2. The number of hydrogen-bond donors (Lipinski definition) is 0. The summed E-state index contributed by atoms with van der Waals surface area (Å²) in [4.78, 5) is 0. The van der Waals surface area contributed by atoms with Crippen LogP contribution in [-0.4, -0.2) is 31.7 Å². The zero-order valence-corrected chi connectivity index (χ0v) is 23.1. The van der Waals surface area contributed by atoms with Crippen LogP contribution in [0.1, 0.15) is 11.1 Å². The Kier molecular flexibility index (Phi) is 11.2. The molecule has 2 aromatic rings. The van der Waals surface area contributed by atoms with E-state index in [-0.39, 0.29) is 12.4 Å². The fraction of sp³-hybridized carbons (Fsp3) is 0.0952. The molecule has 3 rings (SSSR count). The molecule has 0 aromatic heterocycles. The van der Waals surface area contributed by atoms with Crippen LogP contribution in [0.4, 0.5) is 0 Å². The van der Waals surface area contributed by atoms with Crippen LogP contribution in [0.3, 0.4) is 0 Å². The number of rotatable bonds is 3. The summed E-state index contributed by atoms with van der Waals surface area (Å²) < 4.78 is 10.5. The second kappa shape index (κ2) is 12.1. The first-order valence-electron chi connectivity index (χ1n) is 8.37. The average molecular weight is 638 g/mol. The minimum absolute atomic E-state index is 0. The van der Waals surface area contributed by atoms with Crippen molar-refractivity contribution in [3.63, 3.8) is 0 Å². The second-order valence-electron chi connectivity index (χ2n) is 5.84. The van der Waals surface area contributed by atoms with Crippen LogP contribution >= 0.6 is 44.1 Å². The number of halogens is 6. The van der Waals surface area contributed by atoms with E-state index in [0.29, 0.717) is 0 Å². The molecule has 0 aliphatic heterocycles. The SMILES string of the molecule is COc1ccc(C(=C2C=CC(=[O+]C)C=C2)c2ccccc2)cc1.[Cl-].[Cl][Sb]([Cl])([Cl])([Cl])[Cl]. The summed E-state index contributed by atoms with van der Waals surface area (Å²) in [5.74, 6) is 1.71. The quantitative estimate of drug-likeness (QED) is 0.361. The van der Waals surface area contributed by atoms with Gasteiger partial charge in [-0.3, -0.25) is 4.42 Å². The van der Waals surface area contributed by atoms with Crippen molar-refractivity contribution in [3.8, 4) is 5.75 Å². The molecule has 0 atom stereocenters. The van der Waals surface area contributed by atoms with Crippen molar-refractivity contribution in [2.45, 2.75) is 0 Å². The number of hydrogen-bond acceptors (Lipinski definition) is 1. The Morgan fingerprint density at radius 1 is 0.767 bits per heavy atom. The summed E-state index contributed by atoms with van der Waals surface area (Å²) in [6, 6.07) is 18.6. The summed E-state index contributed by atoms with van der Waals surface area (Å²) in [5, 5.41) is 0. The maximum atomic E-state index is 5.26. The van der Waals surface area contributed by atoms with Crippen LogP contribution in [0.25, 0.3) is 5.57 Å². The van der Waals surface area contributed by atoms with E-state index in [1.807, 2.05) is 30.4 Å². The molecular formula is C21H19Cl6O2Sb. The van der Waals surface area contributed by atoms with Crippen LogP contribution < -0.4 is 17.1 Å². The minimum atomic E-state index is -4.33. The van der Waals surface area contributed by atoms with E-state index in [1.165, 1.54) is 11.1 Å². The molecule has 162 valence electrons. The van der Waals surface area contributed by atoms with Crippen molar-refractivity contribution in [2.24, 2.45) is 0 Å². The molecule has 0 radical (unpaired) electrons. The molecule has 0 saturated heterocycles. The van der Waals surface area contributed by atoms with Crippen molar-refractivity contribution in [3.05, 3.63) is 95.6 Å². The van der Waals surface area contributed by atoms with Crippen molar-refractivity contribution in [2.75, 3.05) is 14.2 Å². The Hall–Kier alpha value is -0.312. The predicted molar refractivity (Wildman–Crippen MR) is 130 cm³/mol. The fourth-order valence-electron chi connectivity index (χ4n) is 2.62. The van der Waals surface area contributed by atoms with E-state index in [0.717, 1.165) is 22.7 Å². The van der Waals surface area contributed by atoms with E-state index < -0.39 is 11.7 Å². The van der Waals surface area contributed by atoms with Gasteiger partial charge in [0, 0.05) is 12.2 Å². The zero-order valence-electron chi connectivity index (χ0n) is 16.0. The number of carbonyl (C=O) groups excluding carboxylic acids is 1. The summed E-state index contributed by atoms with van der Waals surface area (Å²) >= 11 is -4.33. The van der Waals surface area contributed by atoms with Crippen LogP contribution in [-0.2, 0) is 4.42 Å². The number of ether oxygens (including phenoxy) is 1. The fourth-order valence-corrected chi connectivity index (χ4v) is 2.62. The molecule has 2 nitrogen and oxygen atoms in total. The topological polar surface area (TPSA) is 20.5 Å². The van der Waals surface area contributed by atoms with Gasteiger partial charge in [0.15, 0.2) is 0 Å². The Balaban J connectivity index is 0.000000567. The van der Waals surface area contributed by atoms with Crippen LogP contribution in [0.2, 0.25) is 0 Å². The summed E-state index contributed by atoms with van der Waals surface area (Å²) in [5.41, 5.74) is 4.68. The molecule has 9 heteroatoms. The van der Waals surface area contributed by atoms with Gasteiger partial charge in [-0.1, -0.05) is 42.5 Å². The molecule has 0 unspecified atom stereocenters. The van der Waals surface area contributed by atoms with Gasteiger partial charge in [0.1, 0.15) is 5.75 Å². The van der Waals surface area contributed by atoms with Crippen molar-refractivity contribution in [1.82, 2.24) is 0 Å². The van der Waals surface area contributed by atoms with Gasteiger partial charge in [0.05, 0.1) is 7.11 Å². The standard InChI is InChI=1S/C21H19O2.6ClH.Sb/c1-22-19-12-8-17(9-13-19)21(16-6-4-3-5-7-16)18-10-14-20(23-2)15-11-18;;;;;;;/h3-15H,1-2H3;6*1H;/q+1;;;;;;;+5/p-6. The molecule has 0 saturated carbocycles. The molecule has 1 aliphatic carbocycles. The maximum absolute atomic E-state index is 5.26. The first kappa shape index (κ1) is 27.7. The third-order valence-corrected chi connectivity index (χ3v) is 3.82. The second-order valence-corrected chi connectivity index (χ2v) is 43.8. The molecule has 0 fully saturated rings. The zero-order chi connectivity index (χ0) is 21.5. The van der Waals surface area contributed by atoms with Crippen molar-refractivity contribution < 1.29 is 21.6 Å². The molecule has 0 spiro atoms. The van der Waals surface area contributed by atoms with Gasteiger partial charge >= 0.3 is 61.6 Å². The number of allylic oxidation sites excluding steroid dienone is 5. The molecule has 0 heterocycles. The Labute approximate surface area is 202 Å². The van der Waals surface area contributed by atoms with Gasteiger partial charge in [-0.05, 0) is 46.6 Å². The van der Waals surface area contributed by atoms with E-state index in [4.69, 9.17) is 53.3 Å². The van der Waals surface area contributed by atoms with Crippen LogP contribution in [0.15, 0.2) is 84.5 Å². The molecule has 1 aliphatic rings. The molecule has 2 aromatic carbocycles.